The van der Waals surface area contributed by atoms with Gasteiger partial charge in [0.05, 0.1) is 12.1 Å². The summed E-state index contributed by atoms with van der Waals surface area (Å²) in [6.07, 6.45) is 1.61. The minimum Gasteiger partial charge on any atom is -0.495 e. The number of methoxy groups -OCH3 is 1. The number of halogens is 1. The first kappa shape index (κ1) is 17.8. The Hall–Kier alpha value is -2.53. The van der Waals surface area contributed by atoms with Crippen molar-refractivity contribution in [2.45, 2.75) is 12.8 Å². The molecule has 0 heterocycles. The van der Waals surface area contributed by atoms with Crippen LogP contribution in [0.15, 0.2) is 48.5 Å². The molecule has 0 atom stereocenters. The summed E-state index contributed by atoms with van der Waals surface area (Å²) in [5, 5.41) is 5.46. The van der Waals surface area contributed by atoms with Crippen molar-refractivity contribution in [3.8, 4) is 5.75 Å². The molecule has 0 saturated carbocycles. The van der Waals surface area contributed by atoms with Crippen molar-refractivity contribution in [1.29, 1.82) is 0 Å². The Morgan fingerprint density at radius 3 is 2.50 bits per heavy atom. The van der Waals surface area contributed by atoms with Gasteiger partial charge in [0.25, 0.3) is 0 Å². The van der Waals surface area contributed by atoms with Gasteiger partial charge in [0, 0.05) is 12.2 Å². The third-order valence-corrected chi connectivity index (χ3v) is 3.68. The molecular weight excluding hydrogens is 328 g/mol. The van der Waals surface area contributed by atoms with Crippen LogP contribution in [-0.2, 0) is 16.0 Å². The van der Waals surface area contributed by atoms with Crippen LogP contribution in [0.5, 0.6) is 5.75 Å². The van der Waals surface area contributed by atoms with Gasteiger partial charge in [-0.15, -0.1) is 0 Å². The maximum atomic E-state index is 11.8. The fourth-order valence-corrected chi connectivity index (χ4v) is 2.41. The molecule has 2 aromatic rings. The lowest BCUT2D eigenvalue weighted by molar-refractivity contribution is -0.136. The van der Waals surface area contributed by atoms with E-state index in [4.69, 9.17) is 16.3 Å². The van der Waals surface area contributed by atoms with Gasteiger partial charge in [-0.1, -0.05) is 41.9 Å². The van der Waals surface area contributed by atoms with Crippen LogP contribution in [0.4, 0.5) is 5.69 Å². The number of amides is 2. The van der Waals surface area contributed by atoms with Crippen molar-refractivity contribution in [1.82, 2.24) is 5.32 Å². The van der Waals surface area contributed by atoms with Crippen molar-refractivity contribution >= 4 is 29.1 Å². The topological polar surface area (TPSA) is 67.4 Å². The molecule has 0 radical (unpaired) electrons. The zero-order valence-corrected chi connectivity index (χ0v) is 14.1. The van der Waals surface area contributed by atoms with Crippen LogP contribution >= 0.6 is 11.6 Å². The van der Waals surface area contributed by atoms with Gasteiger partial charge in [0.15, 0.2) is 0 Å². The summed E-state index contributed by atoms with van der Waals surface area (Å²) < 4.78 is 5.03. The number of ether oxygens (including phenoxy) is 1. The highest BCUT2D eigenvalue weighted by molar-refractivity contribution is 6.40. The first-order valence-electron chi connectivity index (χ1n) is 7.57. The van der Waals surface area contributed by atoms with Gasteiger partial charge in [-0.05, 0) is 36.6 Å². The van der Waals surface area contributed by atoms with Crippen LogP contribution in [0.2, 0.25) is 5.02 Å². The van der Waals surface area contributed by atoms with E-state index in [0.29, 0.717) is 23.0 Å². The van der Waals surface area contributed by atoms with E-state index in [9.17, 15) is 9.59 Å². The summed E-state index contributed by atoms with van der Waals surface area (Å²) >= 11 is 5.98. The highest BCUT2D eigenvalue weighted by Gasteiger charge is 2.13. The maximum Gasteiger partial charge on any atom is 0.313 e. The Bertz CT molecular complexity index is 705. The van der Waals surface area contributed by atoms with E-state index in [0.717, 1.165) is 12.8 Å². The van der Waals surface area contributed by atoms with Gasteiger partial charge < -0.3 is 15.4 Å². The van der Waals surface area contributed by atoms with Crippen molar-refractivity contribution < 1.29 is 14.3 Å². The van der Waals surface area contributed by atoms with Gasteiger partial charge >= 0.3 is 11.8 Å². The molecule has 0 bridgehead atoms. The predicted octanol–water partition coefficient (Wildman–Crippen LogP) is 3.04. The summed E-state index contributed by atoms with van der Waals surface area (Å²) in [5.41, 5.74) is 1.63. The highest BCUT2D eigenvalue weighted by Crippen LogP contribution is 2.27. The van der Waals surface area contributed by atoms with E-state index in [-0.39, 0.29) is 0 Å². The molecule has 24 heavy (non-hydrogen) atoms. The van der Waals surface area contributed by atoms with Gasteiger partial charge in [-0.25, -0.2) is 0 Å². The predicted molar refractivity (Wildman–Crippen MR) is 94.4 cm³/mol. The molecule has 0 spiro atoms. The molecule has 5 nitrogen and oxygen atoms in total. The molecule has 6 heteroatoms. The lowest BCUT2D eigenvalue weighted by Crippen LogP contribution is -2.36. The Morgan fingerprint density at radius 1 is 1.08 bits per heavy atom. The standard InChI is InChI=1S/C18H19ClN2O3/c1-24-16-10-9-14(12-15(16)19)21-18(23)17(22)20-11-5-8-13-6-3-2-4-7-13/h2-4,6-7,9-10,12H,5,8,11H2,1H3,(H,20,22)(H,21,23). The SMILES string of the molecule is COc1ccc(NC(=O)C(=O)NCCCc2ccccc2)cc1Cl. The number of hydrogen-bond donors (Lipinski definition) is 2. The number of carbonyl (C=O) groups is 2. The Morgan fingerprint density at radius 2 is 1.83 bits per heavy atom. The van der Waals surface area contributed by atoms with Gasteiger partial charge in [-0.3, -0.25) is 9.59 Å². The molecule has 0 aliphatic heterocycles. The second-order valence-electron chi connectivity index (χ2n) is 5.15. The smallest absolute Gasteiger partial charge is 0.313 e. The molecule has 2 N–H and O–H groups in total. The van der Waals surface area contributed by atoms with Gasteiger partial charge in [0.1, 0.15) is 5.75 Å². The zero-order chi connectivity index (χ0) is 17.4. The number of aryl methyl sites for hydroxylation is 1. The minimum absolute atomic E-state index is 0.360. The molecule has 2 rings (SSSR count). The fourth-order valence-electron chi connectivity index (χ4n) is 2.15. The van der Waals surface area contributed by atoms with Gasteiger partial charge in [-0.2, -0.15) is 0 Å². The molecule has 2 aromatic carbocycles. The fraction of sp³-hybridized carbons (Fsp3) is 0.222. The van der Waals surface area contributed by atoms with Crippen molar-refractivity contribution in [3.63, 3.8) is 0 Å². The number of nitrogens with one attached hydrogen (secondary N) is 2. The maximum absolute atomic E-state index is 11.8. The Balaban J connectivity index is 1.76. The van der Waals surface area contributed by atoms with Crippen LogP contribution in [0, 0.1) is 0 Å². The number of anilines is 1. The second-order valence-corrected chi connectivity index (χ2v) is 5.56. The van der Waals surface area contributed by atoms with Crippen LogP contribution < -0.4 is 15.4 Å². The molecule has 0 aliphatic rings. The second kappa shape index (κ2) is 8.93. The Kier molecular flexibility index (Phi) is 6.63. The van der Waals surface area contributed by atoms with E-state index in [2.05, 4.69) is 10.6 Å². The molecular formula is C18H19ClN2O3. The summed E-state index contributed by atoms with van der Waals surface area (Å²) in [5.74, 6) is -0.897. The molecule has 2 amide bonds. The number of carbonyl (C=O) groups excluding carboxylic acids is 2. The summed E-state index contributed by atoms with van der Waals surface area (Å²) in [4.78, 5) is 23.6. The minimum atomic E-state index is -0.726. The monoisotopic (exact) mass is 346 g/mol. The number of hydrogen-bond acceptors (Lipinski definition) is 3. The molecule has 0 unspecified atom stereocenters. The normalized spacial score (nSPS) is 10.1. The molecule has 126 valence electrons. The third-order valence-electron chi connectivity index (χ3n) is 3.39. The molecule has 0 aliphatic carbocycles. The van der Waals surface area contributed by atoms with E-state index < -0.39 is 11.8 Å². The summed E-state index contributed by atoms with van der Waals surface area (Å²) in [6.45, 7) is 0.435. The average Bonchev–Trinajstić information content (AvgIpc) is 2.59. The lowest BCUT2D eigenvalue weighted by atomic mass is 10.1. The first-order valence-corrected chi connectivity index (χ1v) is 7.94. The van der Waals surface area contributed by atoms with E-state index >= 15 is 0 Å². The quantitative estimate of drug-likeness (QED) is 0.624. The van der Waals surface area contributed by atoms with Crippen molar-refractivity contribution in [2.75, 3.05) is 19.0 Å². The van der Waals surface area contributed by atoms with Crippen LogP contribution in [-0.4, -0.2) is 25.5 Å². The Labute approximate surface area is 146 Å². The average molecular weight is 347 g/mol. The lowest BCUT2D eigenvalue weighted by Gasteiger charge is -2.08. The molecule has 0 saturated heterocycles. The third kappa shape index (κ3) is 5.28. The summed E-state index contributed by atoms with van der Waals surface area (Å²) in [6, 6.07) is 14.7. The van der Waals surface area contributed by atoms with Gasteiger partial charge in [0.2, 0.25) is 0 Å². The largest absolute Gasteiger partial charge is 0.495 e. The van der Waals surface area contributed by atoms with Crippen LogP contribution in [0.1, 0.15) is 12.0 Å². The van der Waals surface area contributed by atoms with E-state index in [1.807, 2.05) is 30.3 Å². The number of benzene rings is 2. The molecule has 0 aromatic heterocycles. The van der Waals surface area contributed by atoms with Crippen LogP contribution in [0.3, 0.4) is 0 Å². The summed E-state index contributed by atoms with van der Waals surface area (Å²) in [7, 11) is 1.50. The zero-order valence-electron chi connectivity index (χ0n) is 13.3. The highest BCUT2D eigenvalue weighted by atomic mass is 35.5. The van der Waals surface area contributed by atoms with Crippen molar-refractivity contribution in [3.05, 3.63) is 59.1 Å². The van der Waals surface area contributed by atoms with Crippen LogP contribution in [0.25, 0.3) is 0 Å². The first-order chi connectivity index (χ1) is 11.6. The van der Waals surface area contributed by atoms with Crippen molar-refractivity contribution in [2.24, 2.45) is 0 Å². The van der Waals surface area contributed by atoms with E-state index in [1.165, 1.54) is 18.7 Å². The number of rotatable bonds is 6. The van der Waals surface area contributed by atoms with E-state index in [1.54, 1.807) is 12.1 Å². The molecule has 0 fully saturated rings.